The fourth-order valence-electron chi connectivity index (χ4n) is 4.42. The maximum Gasteiger partial charge on any atom is 0.251 e. The third-order valence-corrected chi connectivity index (χ3v) is 6.04. The SMILES string of the molecule is CCNC(=NCC1CCCCN1CC)N1CCN(C(=O)C2CCCO2)CC1.I. The van der Waals surface area contributed by atoms with Gasteiger partial charge in [-0.25, -0.2) is 0 Å². The highest BCUT2D eigenvalue weighted by Crippen LogP contribution is 2.18. The van der Waals surface area contributed by atoms with Crippen LogP contribution in [0.5, 0.6) is 0 Å². The van der Waals surface area contributed by atoms with Gasteiger partial charge in [-0.3, -0.25) is 14.7 Å². The molecule has 1 N–H and O–H groups in total. The highest BCUT2D eigenvalue weighted by atomic mass is 127. The first-order valence-electron chi connectivity index (χ1n) is 10.9. The van der Waals surface area contributed by atoms with Crippen molar-refractivity contribution in [2.45, 2.75) is 58.1 Å². The Bertz CT molecular complexity index is 505. The number of likely N-dealkylation sites (tertiary alicyclic amines) is 1. The zero-order valence-electron chi connectivity index (χ0n) is 17.6. The van der Waals surface area contributed by atoms with Gasteiger partial charge in [-0.2, -0.15) is 0 Å². The summed E-state index contributed by atoms with van der Waals surface area (Å²) in [4.78, 5) is 24.3. The van der Waals surface area contributed by atoms with Crippen LogP contribution < -0.4 is 5.32 Å². The summed E-state index contributed by atoms with van der Waals surface area (Å²) in [7, 11) is 0. The number of hydrogen-bond acceptors (Lipinski definition) is 4. The summed E-state index contributed by atoms with van der Waals surface area (Å²) in [6.07, 6.45) is 5.55. The van der Waals surface area contributed by atoms with Crippen LogP contribution in [-0.4, -0.2) is 97.7 Å². The monoisotopic (exact) mass is 507 g/mol. The van der Waals surface area contributed by atoms with Gasteiger partial charge in [0.05, 0.1) is 6.54 Å². The summed E-state index contributed by atoms with van der Waals surface area (Å²) in [6, 6.07) is 0.569. The Balaban J connectivity index is 0.00000280. The molecule has 162 valence electrons. The Morgan fingerprint density at radius 1 is 1.04 bits per heavy atom. The molecular weight excluding hydrogens is 469 g/mol. The molecule has 0 aromatic carbocycles. The Labute approximate surface area is 187 Å². The first-order valence-corrected chi connectivity index (χ1v) is 10.9. The molecule has 3 fully saturated rings. The molecule has 0 saturated carbocycles. The molecule has 7 nitrogen and oxygen atoms in total. The molecule has 0 aliphatic carbocycles. The molecular formula is C20H38IN5O2. The predicted octanol–water partition coefficient (Wildman–Crippen LogP) is 1.77. The summed E-state index contributed by atoms with van der Waals surface area (Å²) in [5.41, 5.74) is 0. The number of piperidine rings is 1. The molecule has 0 bridgehead atoms. The minimum Gasteiger partial charge on any atom is -0.368 e. The molecule has 8 heteroatoms. The predicted molar refractivity (Wildman–Crippen MR) is 123 cm³/mol. The van der Waals surface area contributed by atoms with Crippen LogP contribution in [0.2, 0.25) is 0 Å². The lowest BCUT2D eigenvalue weighted by molar-refractivity contribution is -0.142. The number of nitrogens with zero attached hydrogens (tertiary/aromatic N) is 4. The van der Waals surface area contributed by atoms with E-state index in [1.807, 2.05) is 4.90 Å². The van der Waals surface area contributed by atoms with E-state index in [9.17, 15) is 4.79 Å². The van der Waals surface area contributed by atoms with Crippen LogP contribution in [-0.2, 0) is 9.53 Å². The molecule has 1 amide bonds. The number of hydrogen-bond donors (Lipinski definition) is 1. The normalized spacial score (nSPS) is 26.9. The number of carbonyl (C=O) groups is 1. The van der Waals surface area contributed by atoms with Gasteiger partial charge in [0, 0.05) is 45.4 Å². The second-order valence-corrected chi connectivity index (χ2v) is 7.79. The van der Waals surface area contributed by atoms with Gasteiger partial charge in [-0.1, -0.05) is 13.3 Å². The highest BCUT2D eigenvalue weighted by Gasteiger charge is 2.31. The van der Waals surface area contributed by atoms with Gasteiger partial charge in [0.2, 0.25) is 0 Å². The van der Waals surface area contributed by atoms with E-state index < -0.39 is 0 Å². The van der Waals surface area contributed by atoms with Crippen molar-refractivity contribution < 1.29 is 9.53 Å². The minimum absolute atomic E-state index is 0. The second kappa shape index (κ2) is 12.2. The number of ether oxygens (including phenoxy) is 1. The zero-order valence-corrected chi connectivity index (χ0v) is 19.9. The molecule has 28 heavy (non-hydrogen) atoms. The molecule has 2 atom stereocenters. The Morgan fingerprint density at radius 3 is 2.43 bits per heavy atom. The number of amides is 1. The zero-order chi connectivity index (χ0) is 19.1. The van der Waals surface area contributed by atoms with E-state index in [0.717, 1.165) is 71.2 Å². The largest absolute Gasteiger partial charge is 0.368 e. The molecule has 3 aliphatic rings. The number of nitrogens with one attached hydrogen (secondary N) is 1. The first kappa shape index (κ1) is 23.7. The van der Waals surface area contributed by atoms with Gasteiger partial charge in [0.15, 0.2) is 5.96 Å². The van der Waals surface area contributed by atoms with Crippen molar-refractivity contribution in [3.05, 3.63) is 0 Å². The lowest BCUT2D eigenvalue weighted by Crippen LogP contribution is -2.55. The van der Waals surface area contributed by atoms with Gasteiger partial charge in [-0.05, 0) is 45.7 Å². The van der Waals surface area contributed by atoms with Crippen molar-refractivity contribution in [3.63, 3.8) is 0 Å². The van der Waals surface area contributed by atoms with Crippen molar-refractivity contribution in [2.75, 3.05) is 59.0 Å². The summed E-state index contributed by atoms with van der Waals surface area (Å²) in [6.45, 7) is 12.3. The third kappa shape index (κ3) is 6.19. The molecule has 3 heterocycles. The lowest BCUT2D eigenvalue weighted by atomic mass is 10.0. The number of piperazine rings is 1. The molecule has 3 aliphatic heterocycles. The molecule has 0 aromatic rings. The second-order valence-electron chi connectivity index (χ2n) is 7.79. The summed E-state index contributed by atoms with van der Waals surface area (Å²) < 4.78 is 5.56. The Morgan fingerprint density at radius 2 is 1.79 bits per heavy atom. The maximum atomic E-state index is 12.5. The number of likely N-dealkylation sites (N-methyl/N-ethyl adjacent to an activating group) is 1. The maximum absolute atomic E-state index is 12.5. The van der Waals surface area contributed by atoms with E-state index in [1.165, 1.54) is 25.8 Å². The fourth-order valence-corrected chi connectivity index (χ4v) is 4.42. The Kier molecular flexibility index (Phi) is 10.3. The number of halogens is 1. The number of carbonyl (C=O) groups excluding carboxylic acids is 1. The van der Waals surface area contributed by atoms with Crippen molar-refractivity contribution in [1.29, 1.82) is 0 Å². The molecule has 0 spiro atoms. The molecule has 3 rings (SSSR count). The van der Waals surface area contributed by atoms with E-state index >= 15 is 0 Å². The quantitative estimate of drug-likeness (QED) is 0.349. The van der Waals surface area contributed by atoms with Crippen LogP contribution in [0.15, 0.2) is 4.99 Å². The van der Waals surface area contributed by atoms with Crippen molar-refractivity contribution in [2.24, 2.45) is 4.99 Å². The summed E-state index contributed by atoms with van der Waals surface area (Å²) >= 11 is 0. The average molecular weight is 507 g/mol. The van der Waals surface area contributed by atoms with Crippen LogP contribution >= 0.6 is 24.0 Å². The van der Waals surface area contributed by atoms with Gasteiger partial charge < -0.3 is 19.9 Å². The van der Waals surface area contributed by atoms with E-state index in [1.54, 1.807) is 0 Å². The van der Waals surface area contributed by atoms with Crippen LogP contribution in [0, 0.1) is 0 Å². The third-order valence-electron chi connectivity index (χ3n) is 6.04. The van der Waals surface area contributed by atoms with Crippen LogP contribution in [0.25, 0.3) is 0 Å². The van der Waals surface area contributed by atoms with Gasteiger partial charge in [0.1, 0.15) is 6.10 Å². The average Bonchev–Trinajstić information content (AvgIpc) is 3.26. The fraction of sp³-hybridized carbons (Fsp3) is 0.900. The van der Waals surface area contributed by atoms with E-state index in [-0.39, 0.29) is 36.0 Å². The van der Waals surface area contributed by atoms with Crippen molar-refractivity contribution in [3.8, 4) is 0 Å². The molecule has 0 aromatic heterocycles. The van der Waals surface area contributed by atoms with Crippen molar-refractivity contribution in [1.82, 2.24) is 20.0 Å². The number of rotatable bonds is 5. The number of aliphatic imine (C=N–C) groups is 1. The smallest absolute Gasteiger partial charge is 0.251 e. The van der Waals surface area contributed by atoms with Gasteiger partial charge in [-0.15, -0.1) is 24.0 Å². The standard InChI is InChI=1S/C20H37N5O2.HI/c1-3-21-20(22-16-17-8-5-6-10-23(17)4-2)25-13-11-24(12-14-25)19(26)18-9-7-15-27-18;/h17-18H,3-16H2,1-2H3,(H,21,22);1H. The van der Waals surface area contributed by atoms with E-state index in [4.69, 9.17) is 9.73 Å². The van der Waals surface area contributed by atoms with E-state index in [2.05, 4.69) is 29.0 Å². The highest BCUT2D eigenvalue weighted by molar-refractivity contribution is 14.0. The molecule has 2 unspecified atom stereocenters. The van der Waals surface area contributed by atoms with Crippen LogP contribution in [0.4, 0.5) is 0 Å². The molecule has 3 saturated heterocycles. The topological polar surface area (TPSA) is 60.4 Å². The minimum atomic E-state index is -0.204. The molecule has 0 radical (unpaired) electrons. The van der Waals surface area contributed by atoms with Gasteiger partial charge >= 0.3 is 0 Å². The van der Waals surface area contributed by atoms with Gasteiger partial charge in [0.25, 0.3) is 5.91 Å². The van der Waals surface area contributed by atoms with Crippen LogP contribution in [0.3, 0.4) is 0 Å². The van der Waals surface area contributed by atoms with Crippen LogP contribution in [0.1, 0.15) is 46.0 Å². The summed E-state index contributed by atoms with van der Waals surface area (Å²) in [5.74, 6) is 1.18. The first-order chi connectivity index (χ1) is 13.2. The number of guanidine groups is 1. The summed E-state index contributed by atoms with van der Waals surface area (Å²) in [5, 5.41) is 3.45. The van der Waals surface area contributed by atoms with Crippen molar-refractivity contribution >= 4 is 35.8 Å². The lowest BCUT2D eigenvalue weighted by Gasteiger charge is -2.38. The Hall–Kier alpha value is -0.610. The van der Waals surface area contributed by atoms with E-state index in [0.29, 0.717) is 6.04 Å².